The lowest BCUT2D eigenvalue weighted by Gasteiger charge is -2.14. The molecule has 0 aromatic rings. The maximum Gasteiger partial charge on any atom is 0.0328 e. The second kappa shape index (κ2) is 1.52. The molecule has 0 saturated heterocycles. The van der Waals surface area contributed by atoms with Gasteiger partial charge in [0.15, 0.2) is 0 Å². The van der Waals surface area contributed by atoms with Gasteiger partial charge in [-0.3, -0.25) is 0 Å². The fourth-order valence-electron chi connectivity index (χ4n) is 0.583. The molecule has 34 valence electrons. The van der Waals surface area contributed by atoms with Crippen LogP contribution in [0.2, 0.25) is 0 Å². The highest BCUT2D eigenvalue weighted by atomic mass is 127. The molecule has 1 unspecified atom stereocenters. The van der Waals surface area contributed by atoms with Crippen molar-refractivity contribution in [1.82, 2.24) is 0 Å². The van der Waals surface area contributed by atoms with Crippen molar-refractivity contribution in [1.29, 1.82) is 0 Å². The van der Waals surface area contributed by atoms with Gasteiger partial charge in [0.05, 0.1) is 0 Å². The van der Waals surface area contributed by atoms with Gasteiger partial charge in [0.1, 0.15) is 0 Å². The van der Waals surface area contributed by atoms with E-state index in [9.17, 15) is 0 Å². The molecule has 0 amide bonds. The van der Waals surface area contributed by atoms with Crippen molar-refractivity contribution in [2.75, 3.05) is 0 Å². The molecular weight excluding hydrogens is 187 g/mol. The predicted molar refractivity (Wildman–Crippen MR) is 36.2 cm³/mol. The van der Waals surface area contributed by atoms with Crippen LogP contribution in [0.25, 0.3) is 0 Å². The van der Waals surface area contributed by atoms with Crippen molar-refractivity contribution >= 4 is 22.6 Å². The van der Waals surface area contributed by atoms with Crippen molar-refractivity contribution < 1.29 is 0 Å². The van der Waals surface area contributed by atoms with Crippen molar-refractivity contribution in [3.8, 4) is 0 Å². The molecule has 1 heteroatoms. The molecule has 0 N–H and O–H groups in total. The zero-order chi connectivity index (χ0) is 4.57. The molecule has 0 saturated carbocycles. The predicted octanol–water partition coefficient (Wildman–Crippen LogP) is 2.14. The summed E-state index contributed by atoms with van der Waals surface area (Å²) >= 11 is 2.43. The quantitative estimate of drug-likeness (QED) is 0.315. The van der Waals surface area contributed by atoms with Gasteiger partial charge in [-0.2, -0.15) is 0 Å². The first-order chi connectivity index (χ1) is 2.79. The lowest BCUT2D eigenvalue weighted by atomic mass is 10.0. The van der Waals surface area contributed by atoms with E-state index in [-0.39, 0.29) is 0 Å². The van der Waals surface area contributed by atoms with Gasteiger partial charge in [-0.15, -0.1) is 0 Å². The van der Waals surface area contributed by atoms with Gasteiger partial charge in [0.2, 0.25) is 0 Å². The molecule has 0 aliphatic heterocycles. The highest BCUT2D eigenvalue weighted by molar-refractivity contribution is 14.1. The van der Waals surface area contributed by atoms with Crippen LogP contribution >= 0.6 is 22.6 Å². The number of rotatable bonds is 0. The fraction of sp³-hybridized carbons (Fsp3) is 0.600. The topological polar surface area (TPSA) is 0 Å². The second-order valence-electron chi connectivity index (χ2n) is 1.73. The minimum absolute atomic E-state index is 0.850. The normalized spacial score (nSPS) is 31.7. The molecule has 0 aromatic heterocycles. The van der Waals surface area contributed by atoms with Crippen LogP contribution in [0, 0.1) is 0 Å². The summed E-state index contributed by atoms with van der Waals surface area (Å²) in [6.07, 6.45) is 3.61. The van der Waals surface area contributed by atoms with Gasteiger partial charge in [-0.25, -0.2) is 0 Å². The van der Waals surface area contributed by atoms with Crippen LogP contribution in [-0.2, 0) is 0 Å². The number of hydrogen-bond acceptors (Lipinski definition) is 0. The van der Waals surface area contributed by atoms with E-state index in [1.807, 2.05) is 0 Å². The SMILES string of the molecule is CC1=CC(I)C1. The third-order valence-corrected chi connectivity index (χ3v) is 1.78. The highest BCUT2D eigenvalue weighted by Gasteiger charge is 2.09. The molecule has 0 bridgehead atoms. The van der Waals surface area contributed by atoms with Gasteiger partial charge in [0, 0.05) is 3.92 Å². The molecule has 6 heavy (non-hydrogen) atoms. The first-order valence-electron chi connectivity index (χ1n) is 2.10. The zero-order valence-corrected chi connectivity index (χ0v) is 5.90. The van der Waals surface area contributed by atoms with Crippen LogP contribution in [0.5, 0.6) is 0 Å². The Morgan fingerprint density at radius 3 is 2.50 bits per heavy atom. The van der Waals surface area contributed by atoms with Crippen molar-refractivity contribution in [2.45, 2.75) is 17.3 Å². The van der Waals surface area contributed by atoms with Crippen LogP contribution in [0.1, 0.15) is 13.3 Å². The highest BCUT2D eigenvalue weighted by Crippen LogP contribution is 2.24. The molecule has 0 nitrogen and oxygen atoms in total. The Balaban J connectivity index is 2.46. The van der Waals surface area contributed by atoms with Crippen molar-refractivity contribution in [2.24, 2.45) is 0 Å². The second-order valence-corrected chi connectivity index (χ2v) is 3.33. The Morgan fingerprint density at radius 1 is 2.00 bits per heavy atom. The van der Waals surface area contributed by atoms with Gasteiger partial charge in [-0.1, -0.05) is 34.2 Å². The van der Waals surface area contributed by atoms with E-state index in [4.69, 9.17) is 0 Å². The molecule has 1 atom stereocenters. The zero-order valence-electron chi connectivity index (χ0n) is 3.74. The molecule has 0 spiro atoms. The van der Waals surface area contributed by atoms with Crippen LogP contribution in [0.3, 0.4) is 0 Å². The lowest BCUT2D eigenvalue weighted by Crippen LogP contribution is -2.04. The monoisotopic (exact) mass is 194 g/mol. The molecule has 0 aromatic carbocycles. The number of alkyl halides is 1. The molecule has 1 rings (SSSR count). The standard InChI is InChI=1S/C5H7I/c1-4-2-5(6)3-4/h2,5H,3H2,1H3. The van der Waals surface area contributed by atoms with Gasteiger partial charge in [-0.05, 0) is 13.3 Å². The molecule has 0 fully saturated rings. The summed E-state index contributed by atoms with van der Waals surface area (Å²) in [6, 6.07) is 0. The van der Waals surface area contributed by atoms with E-state index >= 15 is 0 Å². The van der Waals surface area contributed by atoms with Crippen LogP contribution in [0.15, 0.2) is 11.6 Å². The fourth-order valence-corrected chi connectivity index (χ4v) is 1.89. The number of halogens is 1. The molecule has 1 aliphatic rings. The first kappa shape index (κ1) is 4.62. The largest absolute Gasteiger partial charge is 0.0777 e. The smallest absolute Gasteiger partial charge is 0.0328 e. The minimum Gasteiger partial charge on any atom is -0.0777 e. The average Bonchev–Trinajstić information content (AvgIpc) is 1.33. The summed E-state index contributed by atoms with van der Waals surface area (Å²) in [5, 5.41) is 0. The lowest BCUT2D eigenvalue weighted by molar-refractivity contribution is 0.920. The van der Waals surface area contributed by atoms with Gasteiger partial charge < -0.3 is 0 Å². The summed E-state index contributed by atoms with van der Waals surface area (Å²) < 4.78 is 0.850. The summed E-state index contributed by atoms with van der Waals surface area (Å²) in [5.74, 6) is 0. The van der Waals surface area contributed by atoms with E-state index in [1.54, 1.807) is 5.57 Å². The summed E-state index contributed by atoms with van der Waals surface area (Å²) in [6.45, 7) is 2.18. The molecule has 0 radical (unpaired) electrons. The Hall–Kier alpha value is 0.470. The van der Waals surface area contributed by atoms with Crippen molar-refractivity contribution in [3.63, 3.8) is 0 Å². The summed E-state index contributed by atoms with van der Waals surface area (Å²) in [5.41, 5.74) is 1.55. The molecule has 1 aliphatic carbocycles. The van der Waals surface area contributed by atoms with Crippen LogP contribution < -0.4 is 0 Å². The Bertz CT molecular complexity index is 83.9. The van der Waals surface area contributed by atoms with E-state index in [1.165, 1.54) is 6.42 Å². The minimum atomic E-state index is 0.850. The van der Waals surface area contributed by atoms with Crippen LogP contribution in [0.4, 0.5) is 0 Å². The third kappa shape index (κ3) is 0.750. The first-order valence-corrected chi connectivity index (χ1v) is 3.35. The van der Waals surface area contributed by atoms with Crippen molar-refractivity contribution in [3.05, 3.63) is 11.6 Å². The van der Waals surface area contributed by atoms with Gasteiger partial charge in [0.25, 0.3) is 0 Å². The molecule has 0 heterocycles. The van der Waals surface area contributed by atoms with E-state index in [2.05, 4.69) is 35.6 Å². The number of hydrogen-bond donors (Lipinski definition) is 0. The maximum absolute atomic E-state index is 2.43. The summed E-state index contributed by atoms with van der Waals surface area (Å²) in [4.78, 5) is 0. The van der Waals surface area contributed by atoms with Crippen LogP contribution in [-0.4, -0.2) is 3.92 Å². The molecular formula is C5H7I. The Labute approximate surface area is 51.8 Å². The van der Waals surface area contributed by atoms with E-state index in [0.717, 1.165) is 3.92 Å². The Morgan fingerprint density at radius 2 is 2.50 bits per heavy atom. The van der Waals surface area contributed by atoms with Gasteiger partial charge >= 0.3 is 0 Å². The van der Waals surface area contributed by atoms with E-state index < -0.39 is 0 Å². The maximum atomic E-state index is 2.43. The number of allylic oxidation sites excluding steroid dienone is 2. The average molecular weight is 194 g/mol. The van der Waals surface area contributed by atoms with E-state index in [0.29, 0.717) is 0 Å². The Kier molecular flexibility index (Phi) is 1.17. The summed E-state index contributed by atoms with van der Waals surface area (Å²) in [7, 11) is 0. The third-order valence-electron chi connectivity index (χ3n) is 0.982.